The maximum absolute atomic E-state index is 11.1. The number of carbonyl (C=O) groups is 1. The van der Waals surface area contributed by atoms with E-state index in [0.717, 1.165) is 5.56 Å². The average Bonchev–Trinajstić information content (AvgIpc) is 2.84. The van der Waals surface area contributed by atoms with Gasteiger partial charge in [0, 0.05) is 13.2 Å². The van der Waals surface area contributed by atoms with E-state index in [-0.39, 0.29) is 11.7 Å². The summed E-state index contributed by atoms with van der Waals surface area (Å²) in [5.41, 5.74) is 0.772. The van der Waals surface area contributed by atoms with Gasteiger partial charge < -0.3 is 4.52 Å². The molecule has 2 rings (SSSR count). The van der Waals surface area contributed by atoms with Gasteiger partial charge in [-0.15, -0.1) is 0 Å². The van der Waals surface area contributed by atoms with Crippen LogP contribution in [0.1, 0.15) is 25.7 Å². The van der Waals surface area contributed by atoms with Gasteiger partial charge in [-0.25, -0.2) is 0 Å². The van der Waals surface area contributed by atoms with Gasteiger partial charge >= 0.3 is 0 Å². The van der Waals surface area contributed by atoms with Gasteiger partial charge in [-0.3, -0.25) is 9.48 Å². The smallest absolute Gasteiger partial charge is 0.237 e. The minimum absolute atomic E-state index is 0.00128. The van der Waals surface area contributed by atoms with Crippen molar-refractivity contribution >= 4 is 5.78 Å². The zero-order valence-electron chi connectivity index (χ0n) is 9.34. The van der Waals surface area contributed by atoms with Gasteiger partial charge in [-0.05, 0) is 13.8 Å². The second-order valence-electron chi connectivity index (χ2n) is 3.69. The van der Waals surface area contributed by atoms with Gasteiger partial charge in [0.05, 0.1) is 17.7 Å². The van der Waals surface area contributed by atoms with E-state index in [4.69, 9.17) is 4.52 Å². The van der Waals surface area contributed by atoms with Crippen LogP contribution in [0.5, 0.6) is 0 Å². The van der Waals surface area contributed by atoms with Crippen LogP contribution in [0.4, 0.5) is 0 Å². The lowest BCUT2D eigenvalue weighted by atomic mass is 10.1. The molecular formula is C10H12N4O2. The molecule has 0 aliphatic heterocycles. The van der Waals surface area contributed by atoms with E-state index in [0.29, 0.717) is 11.7 Å². The Morgan fingerprint density at radius 3 is 2.88 bits per heavy atom. The van der Waals surface area contributed by atoms with Crippen molar-refractivity contribution in [2.24, 2.45) is 7.05 Å². The molecule has 0 saturated heterocycles. The summed E-state index contributed by atoms with van der Waals surface area (Å²) in [7, 11) is 1.81. The molecule has 16 heavy (non-hydrogen) atoms. The standard InChI is InChI=1S/C10H12N4O2/c1-6(7(2)15)10-12-9(13-16-10)8-4-11-14(3)5-8/h4-6H,1-3H3. The maximum atomic E-state index is 11.1. The first-order valence-corrected chi connectivity index (χ1v) is 4.91. The first-order chi connectivity index (χ1) is 7.58. The Bertz CT molecular complexity index is 514. The molecule has 0 N–H and O–H groups in total. The minimum atomic E-state index is -0.363. The lowest BCUT2D eigenvalue weighted by molar-refractivity contribution is -0.118. The molecule has 0 aromatic carbocycles. The predicted molar refractivity (Wildman–Crippen MR) is 55.6 cm³/mol. The van der Waals surface area contributed by atoms with Crippen LogP contribution in [0.25, 0.3) is 11.4 Å². The van der Waals surface area contributed by atoms with Gasteiger partial charge in [0.15, 0.2) is 0 Å². The molecule has 0 fully saturated rings. The van der Waals surface area contributed by atoms with E-state index in [9.17, 15) is 4.79 Å². The highest BCUT2D eigenvalue weighted by Crippen LogP contribution is 2.19. The summed E-state index contributed by atoms with van der Waals surface area (Å²) < 4.78 is 6.68. The number of Topliss-reactive ketones (excluding diaryl/α,β-unsaturated/α-hetero) is 1. The van der Waals surface area contributed by atoms with Crippen LogP contribution in [0, 0.1) is 0 Å². The number of aromatic nitrogens is 4. The number of nitrogens with zero attached hydrogens (tertiary/aromatic N) is 4. The molecular weight excluding hydrogens is 208 g/mol. The lowest BCUT2D eigenvalue weighted by Gasteiger charge is -1.97. The first kappa shape index (κ1) is 10.5. The van der Waals surface area contributed by atoms with E-state index in [1.54, 1.807) is 24.0 Å². The van der Waals surface area contributed by atoms with Crippen LogP contribution < -0.4 is 0 Å². The molecule has 1 unspecified atom stereocenters. The van der Waals surface area contributed by atoms with Gasteiger partial charge in [0.1, 0.15) is 5.78 Å². The second-order valence-corrected chi connectivity index (χ2v) is 3.69. The summed E-state index contributed by atoms with van der Waals surface area (Å²) in [5, 5.41) is 7.82. The van der Waals surface area contributed by atoms with Crippen molar-refractivity contribution in [3.8, 4) is 11.4 Å². The van der Waals surface area contributed by atoms with Crippen LogP contribution in [0.2, 0.25) is 0 Å². The van der Waals surface area contributed by atoms with Crippen molar-refractivity contribution in [1.82, 2.24) is 19.9 Å². The van der Waals surface area contributed by atoms with Crippen molar-refractivity contribution in [3.63, 3.8) is 0 Å². The number of ketones is 1. The van der Waals surface area contributed by atoms with E-state index < -0.39 is 0 Å². The summed E-state index contributed by atoms with van der Waals surface area (Å²) in [4.78, 5) is 15.3. The second kappa shape index (κ2) is 3.88. The van der Waals surface area contributed by atoms with Crippen molar-refractivity contribution in [2.75, 3.05) is 0 Å². The van der Waals surface area contributed by atoms with Crippen molar-refractivity contribution in [3.05, 3.63) is 18.3 Å². The third-order valence-electron chi connectivity index (χ3n) is 2.39. The van der Waals surface area contributed by atoms with Crippen LogP contribution in [0.15, 0.2) is 16.9 Å². The molecule has 0 aliphatic rings. The predicted octanol–water partition coefficient (Wildman–Crippen LogP) is 1.16. The number of carbonyl (C=O) groups excluding carboxylic acids is 1. The zero-order valence-corrected chi connectivity index (χ0v) is 9.34. The molecule has 6 heteroatoms. The van der Waals surface area contributed by atoms with Crippen LogP contribution in [0.3, 0.4) is 0 Å². The molecule has 0 saturated carbocycles. The lowest BCUT2D eigenvalue weighted by Crippen LogP contribution is -2.04. The molecule has 84 valence electrons. The van der Waals surface area contributed by atoms with Crippen molar-refractivity contribution in [2.45, 2.75) is 19.8 Å². The summed E-state index contributed by atoms with van der Waals surface area (Å²) in [6, 6.07) is 0. The molecule has 0 aliphatic carbocycles. The van der Waals surface area contributed by atoms with Crippen molar-refractivity contribution in [1.29, 1.82) is 0 Å². The Hall–Kier alpha value is -1.98. The zero-order chi connectivity index (χ0) is 11.7. The van der Waals surface area contributed by atoms with Crippen LogP contribution >= 0.6 is 0 Å². The third-order valence-corrected chi connectivity index (χ3v) is 2.39. The largest absolute Gasteiger partial charge is 0.338 e. The SMILES string of the molecule is CC(=O)C(C)c1nc(-c2cnn(C)c2)no1. The molecule has 6 nitrogen and oxygen atoms in total. The number of aryl methyl sites for hydroxylation is 1. The van der Waals surface area contributed by atoms with Gasteiger partial charge in [0.2, 0.25) is 11.7 Å². The van der Waals surface area contributed by atoms with Crippen LogP contribution in [-0.2, 0) is 11.8 Å². The molecule has 0 spiro atoms. The number of rotatable bonds is 3. The normalized spacial score (nSPS) is 12.7. The molecule has 2 aromatic rings. The molecule has 2 heterocycles. The third kappa shape index (κ3) is 1.86. The Balaban J connectivity index is 2.29. The van der Waals surface area contributed by atoms with E-state index >= 15 is 0 Å². The van der Waals surface area contributed by atoms with Crippen LogP contribution in [-0.4, -0.2) is 25.7 Å². The fourth-order valence-electron chi connectivity index (χ4n) is 1.24. The highest BCUT2D eigenvalue weighted by atomic mass is 16.5. The minimum Gasteiger partial charge on any atom is -0.338 e. The highest BCUT2D eigenvalue weighted by molar-refractivity contribution is 5.81. The fraction of sp³-hybridized carbons (Fsp3) is 0.400. The monoisotopic (exact) mass is 220 g/mol. The summed E-state index contributed by atoms with van der Waals surface area (Å²) in [6.45, 7) is 3.24. The van der Waals surface area contributed by atoms with Crippen molar-refractivity contribution < 1.29 is 9.32 Å². The van der Waals surface area contributed by atoms with Gasteiger partial charge in [-0.1, -0.05) is 5.16 Å². The summed E-state index contributed by atoms with van der Waals surface area (Å²) in [5.74, 6) is 0.432. The van der Waals surface area contributed by atoms with E-state index in [2.05, 4.69) is 15.2 Å². The Labute approximate surface area is 92.3 Å². The van der Waals surface area contributed by atoms with E-state index in [1.807, 2.05) is 7.05 Å². The quantitative estimate of drug-likeness (QED) is 0.776. The summed E-state index contributed by atoms with van der Waals surface area (Å²) in [6.07, 6.45) is 3.43. The Morgan fingerprint density at radius 1 is 1.56 bits per heavy atom. The fourth-order valence-corrected chi connectivity index (χ4v) is 1.24. The maximum Gasteiger partial charge on any atom is 0.237 e. The van der Waals surface area contributed by atoms with Gasteiger partial charge in [-0.2, -0.15) is 10.1 Å². The van der Waals surface area contributed by atoms with Gasteiger partial charge in [0.25, 0.3) is 0 Å². The molecule has 1 atom stereocenters. The molecule has 2 aromatic heterocycles. The highest BCUT2D eigenvalue weighted by Gasteiger charge is 2.19. The topological polar surface area (TPSA) is 73.8 Å². The summed E-state index contributed by atoms with van der Waals surface area (Å²) >= 11 is 0. The first-order valence-electron chi connectivity index (χ1n) is 4.91. The van der Waals surface area contributed by atoms with E-state index in [1.165, 1.54) is 6.92 Å². The molecule has 0 radical (unpaired) electrons. The number of hydrogen-bond acceptors (Lipinski definition) is 5. The number of hydrogen-bond donors (Lipinski definition) is 0. The Kier molecular flexibility index (Phi) is 2.55. The Morgan fingerprint density at radius 2 is 2.31 bits per heavy atom. The molecule has 0 bridgehead atoms. The molecule has 0 amide bonds. The average molecular weight is 220 g/mol.